The number of halogens is 9. The molecule has 1 unspecified atom stereocenters. The van der Waals surface area contributed by atoms with Gasteiger partial charge in [0.05, 0.1) is 22.6 Å². The van der Waals surface area contributed by atoms with Crippen molar-refractivity contribution in [1.82, 2.24) is 0 Å². The minimum atomic E-state index is -5.15. The van der Waals surface area contributed by atoms with E-state index in [0.717, 1.165) is 12.1 Å². The van der Waals surface area contributed by atoms with E-state index in [1.165, 1.54) is 0 Å². The van der Waals surface area contributed by atoms with Crippen LogP contribution in [-0.2, 0) is 12.4 Å². The monoisotopic (exact) mass is 456 g/mol. The van der Waals surface area contributed by atoms with E-state index in [2.05, 4.69) is 0 Å². The molecule has 0 aliphatic rings. The largest absolute Gasteiger partial charge is 0.478 e. The van der Waals surface area contributed by atoms with Gasteiger partial charge in [0.1, 0.15) is 5.82 Å². The third kappa shape index (κ3) is 5.80. The summed E-state index contributed by atoms with van der Waals surface area (Å²) in [6.07, 6.45) is -8.74. The molecule has 168 valence electrons. The van der Waals surface area contributed by atoms with Crippen LogP contribution in [0.25, 0.3) is 6.08 Å². The second-order valence-corrected chi connectivity index (χ2v) is 6.64. The number of hydrogen-bond donors (Lipinski definition) is 1. The number of benzene rings is 2. The molecule has 2 rings (SSSR count). The van der Waals surface area contributed by atoms with Gasteiger partial charge in [-0.1, -0.05) is 24.3 Å². The summed E-state index contributed by atoms with van der Waals surface area (Å²) in [6, 6.07) is 3.25. The van der Waals surface area contributed by atoms with Gasteiger partial charge < -0.3 is 5.11 Å². The molecule has 1 atom stereocenters. The van der Waals surface area contributed by atoms with Crippen LogP contribution in [0.2, 0.25) is 0 Å². The first kappa shape index (κ1) is 24.3. The fourth-order valence-electron chi connectivity index (χ4n) is 2.82. The van der Waals surface area contributed by atoms with Crippen LogP contribution in [0.1, 0.15) is 45.5 Å². The number of carboxylic acid groups (broad SMARTS) is 1. The number of allylic oxidation sites excluding steroid dienone is 1. The van der Waals surface area contributed by atoms with E-state index in [-0.39, 0.29) is 11.6 Å². The molecule has 0 bridgehead atoms. The van der Waals surface area contributed by atoms with Crippen molar-refractivity contribution in [3.63, 3.8) is 0 Å². The van der Waals surface area contributed by atoms with Gasteiger partial charge in [0, 0.05) is 6.92 Å². The van der Waals surface area contributed by atoms with Gasteiger partial charge in [-0.15, -0.1) is 0 Å². The van der Waals surface area contributed by atoms with Gasteiger partial charge in [0.2, 0.25) is 0 Å². The highest BCUT2D eigenvalue weighted by Gasteiger charge is 2.38. The minimum absolute atomic E-state index is 0.205. The summed E-state index contributed by atoms with van der Waals surface area (Å²) < 4.78 is 120. The third-order valence-corrected chi connectivity index (χ3v) is 4.26. The molecule has 0 aliphatic heterocycles. The lowest BCUT2D eigenvalue weighted by Gasteiger charge is -2.22. The molecule has 11 heteroatoms. The Bertz CT molecular complexity index is 999. The predicted octanol–water partition coefficient (Wildman–Crippen LogP) is 7.01. The summed E-state index contributed by atoms with van der Waals surface area (Å²) in [5.74, 6) is -9.22. The smallest absolute Gasteiger partial charge is 0.419 e. The van der Waals surface area contributed by atoms with Crippen molar-refractivity contribution in [3.8, 4) is 0 Å². The second kappa shape index (κ2) is 8.27. The molecular weight excluding hydrogens is 443 g/mol. The van der Waals surface area contributed by atoms with Crippen molar-refractivity contribution in [1.29, 1.82) is 0 Å². The number of aromatic carboxylic acids is 1. The van der Waals surface area contributed by atoms with Crippen LogP contribution in [0.5, 0.6) is 0 Å². The van der Waals surface area contributed by atoms with Gasteiger partial charge >= 0.3 is 18.3 Å². The van der Waals surface area contributed by atoms with Crippen molar-refractivity contribution in [2.45, 2.75) is 31.1 Å². The molecule has 0 aliphatic carbocycles. The van der Waals surface area contributed by atoms with Gasteiger partial charge in [-0.25, -0.2) is 18.0 Å². The number of hydrogen-bond acceptors (Lipinski definition) is 1. The Hall–Kier alpha value is -2.98. The van der Waals surface area contributed by atoms with Gasteiger partial charge in [-0.05, 0) is 35.4 Å². The molecule has 0 saturated heterocycles. The Morgan fingerprint density at radius 3 is 1.97 bits per heavy atom. The number of carbonyl (C=O) groups is 1. The lowest BCUT2D eigenvalue weighted by molar-refractivity contribution is -0.140. The fourth-order valence-corrected chi connectivity index (χ4v) is 2.82. The standard InChI is InChI=1S/C20H13F9O2/c1-18(22,23)13(11-4-7-16(21)15(9-11)20(27,28)29)6-3-10-2-5-12(17(30)31)14(8-10)19(24,25)26/h2-9,13H,1H3,(H,30,31). The molecule has 0 heterocycles. The Kier molecular flexibility index (Phi) is 6.48. The van der Waals surface area contributed by atoms with E-state index in [1.54, 1.807) is 0 Å². The molecule has 31 heavy (non-hydrogen) atoms. The van der Waals surface area contributed by atoms with Crippen LogP contribution in [0.3, 0.4) is 0 Å². The van der Waals surface area contributed by atoms with E-state index in [4.69, 9.17) is 5.11 Å². The summed E-state index contributed by atoms with van der Waals surface area (Å²) in [5.41, 5.74) is -5.28. The molecular formula is C20H13F9O2. The maximum atomic E-state index is 14.1. The molecule has 2 aromatic rings. The normalized spacial score (nSPS) is 14.1. The van der Waals surface area contributed by atoms with Crippen LogP contribution in [0.4, 0.5) is 39.5 Å². The summed E-state index contributed by atoms with van der Waals surface area (Å²) in [7, 11) is 0. The molecule has 0 fully saturated rings. The lowest BCUT2D eigenvalue weighted by atomic mass is 9.90. The zero-order chi connectivity index (χ0) is 23.8. The quantitative estimate of drug-likeness (QED) is 0.492. The van der Waals surface area contributed by atoms with Crippen molar-refractivity contribution < 1.29 is 49.4 Å². The Balaban J connectivity index is 2.54. The zero-order valence-corrected chi connectivity index (χ0v) is 15.5. The van der Waals surface area contributed by atoms with Crippen molar-refractivity contribution in [3.05, 3.63) is 76.1 Å². The molecule has 0 spiro atoms. The highest BCUT2D eigenvalue weighted by molar-refractivity contribution is 5.90. The third-order valence-electron chi connectivity index (χ3n) is 4.26. The van der Waals surface area contributed by atoms with Gasteiger partial charge in [0.25, 0.3) is 5.92 Å². The van der Waals surface area contributed by atoms with Gasteiger partial charge in [-0.2, -0.15) is 26.3 Å². The van der Waals surface area contributed by atoms with Crippen molar-refractivity contribution in [2.24, 2.45) is 0 Å². The highest BCUT2D eigenvalue weighted by Crippen LogP contribution is 2.39. The summed E-state index contributed by atoms with van der Waals surface area (Å²) >= 11 is 0. The predicted molar refractivity (Wildman–Crippen MR) is 92.2 cm³/mol. The average Bonchev–Trinajstić information content (AvgIpc) is 2.60. The molecule has 2 nitrogen and oxygen atoms in total. The van der Waals surface area contributed by atoms with Crippen LogP contribution in [0.15, 0.2) is 42.5 Å². The lowest BCUT2D eigenvalue weighted by Crippen LogP contribution is -2.21. The maximum absolute atomic E-state index is 14.1. The number of rotatable bonds is 5. The average molecular weight is 456 g/mol. The van der Waals surface area contributed by atoms with Crippen LogP contribution >= 0.6 is 0 Å². The number of alkyl halides is 8. The Labute approximate surface area is 169 Å². The summed E-state index contributed by atoms with van der Waals surface area (Å²) in [4.78, 5) is 11.0. The highest BCUT2D eigenvalue weighted by atomic mass is 19.4. The van der Waals surface area contributed by atoms with Crippen molar-refractivity contribution >= 4 is 12.0 Å². The first-order valence-electron chi connectivity index (χ1n) is 8.39. The SMILES string of the molecule is CC(F)(F)C(C=Cc1ccc(C(=O)O)c(C(F)(F)F)c1)c1ccc(F)c(C(F)(F)F)c1. The Morgan fingerprint density at radius 1 is 0.903 bits per heavy atom. The summed E-state index contributed by atoms with van der Waals surface area (Å²) in [6.45, 7) is 0.382. The maximum Gasteiger partial charge on any atom is 0.419 e. The topological polar surface area (TPSA) is 37.3 Å². The Morgan fingerprint density at radius 2 is 1.48 bits per heavy atom. The molecule has 0 aromatic heterocycles. The molecule has 2 aromatic carbocycles. The minimum Gasteiger partial charge on any atom is -0.478 e. The van der Waals surface area contributed by atoms with E-state index >= 15 is 0 Å². The first-order chi connectivity index (χ1) is 14.0. The van der Waals surface area contributed by atoms with E-state index in [0.29, 0.717) is 37.3 Å². The molecule has 0 radical (unpaired) electrons. The van der Waals surface area contributed by atoms with Crippen molar-refractivity contribution in [2.75, 3.05) is 0 Å². The first-order valence-corrected chi connectivity index (χ1v) is 8.39. The molecule has 1 N–H and O–H groups in total. The van der Waals surface area contributed by atoms with E-state index in [9.17, 15) is 44.3 Å². The van der Waals surface area contributed by atoms with Gasteiger partial charge in [0.15, 0.2) is 0 Å². The zero-order valence-electron chi connectivity index (χ0n) is 15.5. The summed E-state index contributed by atoms with van der Waals surface area (Å²) in [5, 5.41) is 8.87. The second-order valence-electron chi connectivity index (χ2n) is 6.64. The molecule has 0 amide bonds. The van der Waals surface area contributed by atoms with E-state index in [1.807, 2.05) is 0 Å². The van der Waals surface area contributed by atoms with Crippen LogP contribution in [-0.4, -0.2) is 17.0 Å². The van der Waals surface area contributed by atoms with Crippen LogP contribution in [0, 0.1) is 5.82 Å². The number of carboxylic acids is 1. The van der Waals surface area contributed by atoms with Gasteiger partial charge in [-0.3, -0.25) is 0 Å². The van der Waals surface area contributed by atoms with Crippen LogP contribution < -0.4 is 0 Å². The van der Waals surface area contributed by atoms with E-state index < -0.39 is 58.2 Å². The fraction of sp³-hybridized carbons (Fsp3) is 0.250. The molecule has 0 saturated carbocycles.